The summed E-state index contributed by atoms with van der Waals surface area (Å²) in [4.78, 5) is 17.4. The van der Waals surface area contributed by atoms with Crippen molar-refractivity contribution in [1.29, 1.82) is 0 Å². The maximum atomic E-state index is 12.0. The number of halogens is 1. The number of thiazole rings is 1. The SMILES string of the molecule is CCCCCS(=O)(=O)CC(=O)Nc1nc(-c2ccc(Cl)cc2)c(C)s1. The van der Waals surface area contributed by atoms with E-state index in [4.69, 9.17) is 11.6 Å². The molecule has 0 bridgehead atoms. The largest absolute Gasteiger partial charge is 0.301 e. The van der Waals surface area contributed by atoms with Crippen molar-refractivity contribution in [2.24, 2.45) is 0 Å². The predicted molar refractivity (Wildman–Crippen MR) is 104 cm³/mol. The second-order valence-corrected chi connectivity index (χ2v) is 9.60. The molecule has 1 aromatic carbocycles. The van der Waals surface area contributed by atoms with Crippen LogP contribution in [-0.2, 0) is 14.6 Å². The van der Waals surface area contributed by atoms with Gasteiger partial charge in [0.2, 0.25) is 5.91 Å². The second-order valence-electron chi connectivity index (χ2n) is 5.78. The number of aryl methyl sites for hydroxylation is 1. The number of nitrogens with one attached hydrogen (secondary N) is 1. The maximum absolute atomic E-state index is 12.0. The molecule has 0 saturated heterocycles. The van der Waals surface area contributed by atoms with Crippen LogP contribution >= 0.6 is 22.9 Å². The predicted octanol–water partition coefficient (Wildman–Crippen LogP) is 4.32. The Morgan fingerprint density at radius 1 is 1.24 bits per heavy atom. The Hall–Kier alpha value is -1.44. The number of unbranched alkanes of at least 4 members (excludes halogenated alkanes) is 2. The van der Waals surface area contributed by atoms with Crippen molar-refractivity contribution in [3.8, 4) is 11.3 Å². The average molecular weight is 401 g/mol. The molecule has 0 unspecified atom stereocenters. The van der Waals surface area contributed by atoms with E-state index in [9.17, 15) is 13.2 Å². The molecule has 0 spiro atoms. The van der Waals surface area contributed by atoms with E-state index in [1.54, 1.807) is 12.1 Å². The van der Waals surface area contributed by atoms with E-state index >= 15 is 0 Å². The molecule has 0 radical (unpaired) electrons. The van der Waals surface area contributed by atoms with Crippen LogP contribution in [0.4, 0.5) is 5.13 Å². The molecule has 136 valence electrons. The van der Waals surface area contributed by atoms with E-state index in [-0.39, 0.29) is 5.75 Å². The molecule has 0 aliphatic carbocycles. The van der Waals surface area contributed by atoms with Crippen LogP contribution in [0.2, 0.25) is 5.02 Å². The summed E-state index contributed by atoms with van der Waals surface area (Å²) in [6.45, 7) is 3.90. The van der Waals surface area contributed by atoms with Gasteiger partial charge in [-0.25, -0.2) is 13.4 Å². The number of amides is 1. The molecule has 0 fully saturated rings. The summed E-state index contributed by atoms with van der Waals surface area (Å²) in [5.74, 6) is -1.01. The minimum absolute atomic E-state index is 0.0428. The smallest absolute Gasteiger partial charge is 0.241 e. The first-order valence-corrected chi connectivity index (χ1v) is 11.1. The van der Waals surface area contributed by atoms with E-state index in [2.05, 4.69) is 10.3 Å². The third-order valence-corrected chi connectivity index (χ3v) is 6.32. The zero-order valence-electron chi connectivity index (χ0n) is 14.2. The number of rotatable bonds is 8. The lowest BCUT2D eigenvalue weighted by atomic mass is 10.1. The Morgan fingerprint density at radius 3 is 2.56 bits per heavy atom. The van der Waals surface area contributed by atoms with Crippen LogP contribution in [0, 0.1) is 6.92 Å². The van der Waals surface area contributed by atoms with E-state index in [0.717, 1.165) is 29.0 Å². The maximum Gasteiger partial charge on any atom is 0.241 e. The normalized spacial score (nSPS) is 11.5. The van der Waals surface area contributed by atoms with Gasteiger partial charge in [0, 0.05) is 15.5 Å². The summed E-state index contributed by atoms with van der Waals surface area (Å²) in [7, 11) is -3.38. The van der Waals surface area contributed by atoms with Gasteiger partial charge in [-0.05, 0) is 25.5 Å². The highest BCUT2D eigenvalue weighted by Gasteiger charge is 2.18. The molecule has 25 heavy (non-hydrogen) atoms. The molecular formula is C17H21ClN2O3S2. The molecular weight excluding hydrogens is 380 g/mol. The second kappa shape index (κ2) is 8.78. The fraction of sp³-hybridized carbons (Fsp3) is 0.412. The number of sulfone groups is 1. The van der Waals surface area contributed by atoms with E-state index in [0.29, 0.717) is 16.6 Å². The number of carbonyl (C=O) groups is 1. The van der Waals surface area contributed by atoms with Crippen molar-refractivity contribution in [3.05, 3.63) is 34.2 Å². The van der Waals surface area contributed by atoms with Gasteiger partial charge >= 0.3 is 0 Å². The highest BCUT2D eigenvalue weighted by molar-refractivity contribution is 7.92. The van der Waals surface area contributed by atoms with Crippen LogP contribution in [0.3, 0.4) is 0 Å². The first-order chi connectivity index (χ1) is 11.8. The van der Waals surface area contributed by atoms with Gasteiger partial charge < -0.3 is 5.32 Å². The Labute approximate surface area is 157 Å². The van der Waals surface area contributed by atoms with Crippen molar-refractivity contribution in [1.82, 2.24) is 4.98 Å². The lowest BCUT2D eigenvalue weighted by Gasteiger charge is -2.04. The number of nitrogens with zero attached hydrogens (tertiary/aromatic N) is 1. The molecule has 2 rings (SSSR count). The summed E-state index contributed by atoms with van der Waals surface area (Å²) in [5, 5.41) is 3.63. The zero-order valence-corrected chi connectivity index (χ0v) is 16.6. The molecule has 2 aromatic rings. The number of hydrogen-bond donors (Lipinski definition) is 1. The number of carbonyl (C=O) groups excluding carboxylic acids is 1. The number of hydrogen-bond acceptors (Lipinski definition) is 5. The summed E-state index contributed by atoms with van der Waals surface area (Å²) in [5.41, 5.74) is 1.65. The minimum Gasteiger partial charge on any atom is -0.301 e. The Morgan fingerprint density at radius 2 is 1.92 bits per heavy atom. The van der Waals surface area contributed by atoms with Crippen LogP contribution in [0.5, 0.6) is 0 Å². The number of anilines is 1. The topological polar surface area (TPSA) is 76.1 Å². The lowest BCUT2D eigenvalue weighted by Crippen LogP contribution is -2.24. The molecule has 5 nitrogen and oxygen atoms in total. The molecule has 1 heterocycles. The number of aromatic nitrogens is 1. The van der Waals surface area contributed by atoms with Gasteiger partial charge in [-0.15, -0.1) is 11.3 Å². The van der Waals surface area contributed by atoms with Crippen molar-refractivity contribution in [3.63, 3.8) is 0 Å². The van der Waals surface area contributed by atoms with Gasteiger partial charge in [-0.2, -0.15) is 0 Å². The molecule has 1 aromatic heterocycles. The summed E-state index contributed by atoms with van der Waals surface area (Å²) < 4.78 is 23.9. The third-order valence-electron chi connectivity index (χ3n) is 3.57. The van der Waals surface area contributed by atoms with Crippen molar-refractivity contribution in [2.75, 3.05) is 16.8 Å². The minimum atomic E-state index is -3.38. The summed E-state index contributed by atoms with van der Waals surface area (Å²) in [6.07, 6.45) is 2.37. The molecule has 1 N–H and O–H groups in total. The highest BCUT2D eigenvalue weighted by atomic mass is 35.5. The monoisotopic (exact) mass is 400 g/mol. The lowest BCUT2D eigenvalue weighted by molar-refractivity contribution is -0.113. The van der Waals surface area contributed by atoms with Crippen LogP contribution < -0.4 is 5.32 Å². The van der Waals surface area contributed by atoms with Gasteiger partial charge in [-0.3, -0.25) is 4.79 Å². The van der Waals surface area contributed by atoms with E-state index in [1.807, 2.05) is 26.0 Å². The zero-order chi connectivity index (χ0) is 18.4. The first kappa shape index (κ1) is 19.9. The van der Waals surface area contributed by atoms with Crippen molar-refractivity contribution in [2.45, 2.75) is 33.1 Å². The van der Waals surface area contributed by atoms with Crippen LogP contribution in [0.1, 0.15) is 31.1 Å². The first-order valence-electron chi connectivity index (χ1n) is 8.04. The van der Waals surface area contributed by atoms with Crippen LogP contribution in [-0.4, -0.2) is 30.8 Å². The van der Waals surface area contributed by atoms with Gasteiger partial charge in [0.15, 0.2) is 15.0 Å². The Bertz CT molecular complexity index is 830. The van der Waals surface area contributed by atoms with E-state index in [1.165, 1.54) is 11.3 Å². The van der Waals surface area contributed by atoms with Gasteiger partial charge in [-0.1, -0.05) is 43.5 Å². The molecule has 0 saturated carbocycles. The fourth-order valence-electron chi connectivity index (χ4n) is 2.32. The summed E-state index contributed by atoms with van der Waals surface area (Å²) in [6, 6.07) is 7.26. The molecule has 0 aliphatic heterocycles. The van der Waals surface area contributed by atoms with Gasteiger partial charge in [0.1, 0.15) is 5.75 Å². The van der Waals surface area contributed by atoms with Crippen LogP contribution in [0.25, 0.3) is 11.3 Å². The Balaban J connectivity index is 2.02. The molecule has 0 atom stereocenters. The highest BCUT2D eigenvalue weighted by Crippen LogP contribution is 2.31. The van der Waals surface area contributed by atoms with Crippen LogP contribution in [0.15, 0.2) is 24.3 Å². The van der Waals surface area contributed by atoms with Crippen molar-refractivity contribution < 1.29 is 13.2 Å². The number of benzene rings is 1. The van der Waals surface area contributed by atoms with E-state index < -0.39 is 21.5 Å². The fourth-order valence-corrected chi connectivity index (χ4v) is 4.56. The van der Waals surface area contributed by atoms with Crippen molar-refractivity contribution >= 4 is 43.8 Å². The average Bonchev–Trinajstić information content (AvgIpc) is 2.87. The molecule has 1 amide bonds. The Kier molecular flexibility index (Phi) is 6.98. The van der Waals surface area contributed by atoms with Gasteiger partial charge in [0.25, 0.3) is 0 Å². The summed E-state index contributed by atoms with van der Waals surface area (Å²) >= 11 is 7.21. The standard InChI is InChI=1S/C17H21ClN2O3S2/c1-3-4-5-10-25(22,23)11-15(21)19-17-20-16(12(2)24-17)13-6-8-14(18)9-7-13/h6-9H,3-5,10-11H2,1-2H3,(H,19,20,21). The quantitative estimate of drug-likeness (QED) is 0.669. The van der Waals surface area contributed by atoms with Gasteiger partial charge in [0.05, 0.1) is 11.4 Å². The molecule has 8 heteroatoms. The molecule has 0 aliphatic rings. The third kappa shape index (κ3) is 6.09.